The van der Waals surface area contributed by atoms with Crippen LogP contribution in [0.1, 0.15) is 22.3 Å². The van der Waals surface area contributed by atoms with Crippen LogP contribution in [0.15, 0.2) is 78.9 Å². The molecule has 0 saturated carbocycles. The molecular formula is C26H27N3O4. The summed E-state index contributed by atoms with van der Waals surface area (Å²) in [6.07, 6.45) is 0.153. The minimum Gasteiger partial charge on any atom is -0.357 e. The molecule has 0 aliphatic carbocycles. The smallest absolute Gasteiger partial charge is 0.273 e. The molecule has 0 spiro atoms. The molecule has 0 aliphatic heterocycles. The van der Waals surface area contributed by atoms with Crippen molar-refractivity contribution in [3.8, 4) is 0 Å². The molecule has 0 fully saturated rings. The SMILES string of the molecule is CNC(=O)C(Cc1ccccc1)N(Cc1ccc(C)cc1)C(=O)Cc1ccccc1[N+](=O)[O-]. The monoisotopic (exact) mass is 445 g/mol. The number of benzene rings is 3. The molecule has 0 heterocycles. The second kappa shape index (κ2) is 11.0. The number of aryl methyl sites for hydroxylation is 1. The third kappa shape index (κ3) is 6.26. The summed E-state index contributed by atoms with van der Waals surface area (Å²) in [6, 6.07) is 22.6. The molecule has 0 aliphatic rings. The Kier molecular flexibility index (Phi) is 7.91. The van der Waals surface area contributed by atoms with Gasteiger partial charge in [-0.25, -0.2) is 0 Å². The zero-order chi connectivity index (χ0) is 23.8. The molecule has 1 atom stereocenters. The summed E-state index contributed by atoms with van der Waals surface area (Å²) < 4.78 is 0. The quantitative estimate of drug-likeness (QED) is 0.400. The number of amides is 2. The van der Waals surface area contributed by atoms with E-state index in [9.17, 15) is 19.7 Å². The highest BCUT2D eigenvalue weighted by atomic mass is 16.6. The maximum absolute atomic E-state index is 13.5. The molecule has 3 aromatic rings. The number of rotatable bonds is 9. The fraction of sp³-hybridized carbons (Fsp3) is 0.231. The Balaban J connectivity index is 1.97. The van der Waals surface area contributed by atoms with Gasteiger partial charge in [0, 0.05) is 31.6 Å². The summed E-state index contributed by atoms with van der Waals surface area (Å²) in [5.41, 5.74) is 3.08. The summed E-state index contributed by atoms with van der Waals surface area (Å²) in [6.45, 7) is 2.19. The number of carbonyl (C=O) groups is 2. The van der Waals surface area contributed by atoms with Gasteiger partial charge in [-0.15, -0.1) is 0 Å². The van der Waals surface area contributed by atoms with Crippen molar-refractivity contribution in [2.75, 3.05) is 7.05 Å². The molecule has 1 N–H and O–H groups in total. The summed E-state index contributed by atoms with van der Waals surface area (Å²) in [7, 11) is 1.54. The highest BCUT2D eigenvalue weighted by Crippen LogP contribution is 2.21. The van der Waals surface area contributed by atoms with Gasteiger partial charge in [-0.1, -0.05) is 78.4 Å². The van der Waals surface area contributed by atoms with Crippen LogP contribution in [0.5, 0.6) is 0 Å². The van der Waals surface area contributed by atoms with Crippen molar-refractivity contribution in [1.29, 1.82) is 0 Å². The van der Waals surface area contributed by atoms with Crippen molar-refractivity contribution in [3.05, 3.63) is 111 Å². The van der Waals surface area contributed by atoms with Crippen molar-refractivity contribution in [2.45, 2.75) is 32.4 Å². The highest BCUT2D eigenvalue weighted by Gasteiger charge is 2.31. The third-order valence-electron chi connectivity index (χ3n) is 5.52. The molecule has 0 bridgehead atoms. The fourth-order valence-corrected chi connectivity index (χ4v) is 3.71. The van der Waals surface area contributed by atoms with E-state index in [2.05, 4.69) is 5.32 Å². The molecule has 3 aromatic carbocycles. The van der Waals surface area contributed by atoms with Crippen LogP contribution in [0.3, 0.4) is 0 Å². The van der Waals surface area contributed by atoms with Crippen molar-refractivity contribution >= 4 is 17.5 Å². The van der Waals surface area contributed by atoms with Crippen LogP contribution in [0.4, 0.5) is 5.69 Å². The number of para-hydroxylation sites is 1. The van der Waals surface area contributed by atoms with E-state index in [1.54, 1.807) is 18.2 Å². The van der Waals surface area contributed by atoms with Crippen LogP contribution in [0.25, 0.3) is 0 Å². The van der Waals surface area contributed by atoms with E-state index < -0.39 is 11.0 Å². The number of nitro groups is 1. The second-order valence-electron chi connectivity index (χ2n) is 7.89. The Hall–Kier alpha value is -4.00. The lowest BCUT2D eigenvalue weighted by Gasteiger charge is -2.31. The molecule has 1 unspecified atom stereocenters. The first-order valence-electron chi connectivity index (χ1n) is 10.7. The first-order chi connectivity index (χ1) is 15.9. The number of likely N-dealkylation sites (N-methyl/N-ethyl adjacent to an activating group) is 1. The molecule has 2 amide bonds. The Morgan fingerprint density at radius 1 is 0.939 bits per heavy atom. The highest BCUT2D eigenvalue weighted by molar-refractivity contribution is 5.89. The van der Waals surface area contributed by atoms with Crippen LogP contribution in [0, 0.1) is 17.0 Å². The van der Waals surface area contributed by atoms with Gasteiger partial charge in [0.15, 0.2) is 0 Å². The summed E-state index contributed by atoms with van der Waals surface area (Å²) in [5.74, 6) is -0.642. The lowest BCUT2D eigenvalue weighted by molar-refractivity contribution is -0.385. The van der Waals surface area contributed by atoms with Gasteiger partial charge in [-0.2, -0.15) is 0 Å². The minimum absolute atomic E-state index is 0.110. The van der Waals surface area contributed by atoms with Crippen LogP contribution in [-0.2, 0) is 29.0 Å². The van der Waals surface area contributed by atoms with E-state index in [-0.39, 0.29) is 30.5 Å². The van der Waals surface area contributed by atoms with Crippen molar-refractivity contribution in [3.63, 3.8) is 0 Å². The van der Waals surface area contributed by atoms with Crippen LogP contribution in [-0.4, -0.2) is 34.7 Å². The van der Waals surface area contributed by atoms with E-state index in [1.807, 2.05) is 61.5 Å². The average Bonchev–Trinajstić information content (AvgIpc) is 2.82. The second-order valence-corrected chi connectivity index (χ2v) is 7.89. The number of nitro benzene ring substituents is 1. The maximum Gasteiger partial charge on any atom is 0.273 e. The molecule has 170 valence electrons. The van der Waals surface area contributed by atoms with Gasteiger partial charge in [0.05, 0.1) is 11.3 Å². The fourth-order valence-electron chi connectivity index (χ4n) is 3.71. The van der Waals surface area contributed by atoms with Gasteiger partial charge in [0.2, 0.25) is 11.8 Å². The number of hydrogen-bond acceptors (Lipinski definition) is 4. The van der Waals surface area contributed by atoms with Crippen molar-refractivity contribution < 1.29 is 14.5 Å². The van der Waals surface area contributed by atoms with Crippen molar-refractivity contribution in [2.24, 2.45) is 0 Å². The molecule has 7 nitrogen and oxygen atoms in total. The summed E-state index contributed by atoms with van der Waals surface area (Å²) in [5, 5.41) is 14.1. The predicted octanol–water partition coefficient (Wildman–Crippen LogP) is 3.83. The molecular weight excluding hydrogens is 418 g/mol. The van der Waals surface area contributed by atoms with Crippen LogP contribution < -0.4 is 5.32 Å². The van der Waals surface area contributed by atoms with Gasteiger partial charge >= 0.3 is 0 Å². The Morgan fingerprint density at radius 2 is 1.58 bits per heavy atom. The molecule has 3 rings (SSSR count). The molecule has 7 heteroatoms. The maximum atomic E-state index is 13.5. The van der Waals surface area contributed by atoms with E-state index in [0.717, 1.165) is 16.7 Å². The Bertz CT molecular complexity index is 1110. The predicted molar refractivity (Wildman–Crippen MR) is 127 cm³/mol. The third-order valence-corrected chi connectivity index (χ3v) is 5.52. The first-order valence-corrected chi connectivity index (χ1v) is 10.7. The lowest BCUT2D eigenvalue weighted by Crippen LogP contribution is -2.50. The molecule has 0 saturated heterocycles. The zero-order valence-electron chi connectivity index (χ0n) is 18.7. The normalized spacial score (nSPS) is 11.5. The molecule has 0 radical (unpaired) electrons. The van der Waals surface area contributed by atoms with E-state index >= 15 is 0 Å². The van der Waals surface area contributed by atoms with E-state index in [0.29, 0.717) is 12.0 Å². The van der Waals surface area contributed by atoms with Gasteiger partial charge in [0.25, 0.3) is 5.69 Å². The molecule has 0 aromatic heterocycles. The summed E-state index contributed by atoms with van der Waals surface area (Å²) >= 11 is 0. The lowest BCUT2D eigenvalue weighted by atomic mass is 10.0. The van der Waals surface area contributed by atoms with E-state index in [4.69, 9.17) is 0 Å². The molecule has 33 heavy (non-hydrogen) atoms. The standard InChI is InChI=1S/C26H27N3O4/c1-19-12-14-21(15-13-19)18-28(24(26(31)27-2)16-20-8-4-3-5-9-20)25(30)17-22-10-6-7-11-23(22)29(32)33/h3-15,24H,16-18H2,1-2H3,(H,27,31). The average molecular weight is 446 g/mol. The largest absolute Gasteiger partial charge is 0.357 e. The van der Waals surface area contributed by atoms with Gasteiger partial charge in [-0.3, -0.25) is 19.7 Å². The van der Waals surface area contributed by atoms with Crippen LogP contribution >= 0.6 is 0 Å². The number of nitrogens with one attached hydrogen (secondary N) is 1. The topological polar surface area (TPSA) is 92.6 Å². The Labute approximate surface area is 193 Å². The van der Waals surface area contributed by atoms with Crippen LogP contribution in [0.2, 0.25) is 0 Å². The number of hydrogen-bond donors (Lipinski definition) is 1. The number of carbonyl (C=O) groups excluding carboxylic acids is 2. The van der Waals surface area contributed by atoms with Gasteiger partial charge in [0.1, 0.15) is 6.04 Å². The van der Waals surface area contributed by atoms with Gasteiger partial charge in [-0.05, 0) is 18.1 Å². The first kappa shape index (κ1) is 23.7. The van der Waals surface area contributed by atoms with Gasteiger partial charge < -0.3 is 10.2 Å². The summed E-state index contributed by atoms with van der Waals surface area (Å²) in [4.78, 5) is 38.9. The number of nitrogens with zero attached hydrogens (tertiary/aromatic N) is 2. The minimum atomic E-state index is -0.769. The Morgan fingerprint density at radius 3 is 2.21 bits per heavy atom. The van der Waals surface area contributed by atoms with Crippen molar-refractivity contribution in [1.82, 2.24) is 10.2 Å². The van der Waals surface area contributed by atoms with E-state index in [1.165, 1.54) is 18.0 Å². The zero-order valence-corrected chi connectivity index (χ0v) is 18.7.